The SMILES string of the molecule is CC1CSCc2c(Cl)cc(Br)cc2C1N. The van der Waals surface area contributed by atoms with Crippen molar-refractivity contribution < 1.29 is 0 Å². The lowest BCUT2D eigenvalue weighted by atomic mass is 9.93. The second-order valence-electron chi connectivity index (χ2n) is 3.97. The summed E-state index contributed by atoms with van der Waals surface area (Å²) in [6.07, 6.45) is 0. The van der Waals surface area contributed by atoms with Gasteiger partial charge in [0, 0.05) is 21.3 Å². The predicted octanol–water partition coefficient (Wildman–Crippen LogP) is 3.99. The van der Waals surface area contributed by atoms with Crippen LogP contribution in [0, 0.1) is 5.92 Å². The number of hydrogen-bond acceptors (Lipinski definition) is 2. The Morgan fingerprint density at radius 3 is 3.00 bits per heavy atom. The summed E-state index contributed by atoms with van der Waals surface area (Å²) in [6.45, 7) is 2.20. The Balaban J connectivity index is 2.53. The average molecular weight is 307 g/mol. The molecule has 82 valence electrons. The molecule has 0 fully saturated rings. The molecule has 1 aromatic carbocycles. The van der Waals surface area contributed by atoms with Gasteiger partial charge < -0.3 is 5.73 Å². The van der Waals surface area contributed by atoms with Crippen LogP contribution in [-0.4, -0.2) is 5.75 Å². The number of rotatable bonds is 0. The molecule has 4 heteroatoms. The largest absolute Gasteiger partial charge is 0.324 e. The molecule has 0 amide bonds. The lowest BCUT2D eigenvalue weighted by Gasteiger charge is -2.19. The highest BCUT2D eigenvalue weighted by molar-refractivity contribution is 9.10. The summed E-state index contributed by atoms with van der Waals surface area (Å²) in [5.74, 6) is 2.57. The first-order chi connectivity index (χ1) is 7.09. The molecule has 0 aromatic heterocycles. The minimum Gasteiger partial charge on any atom is -0.324 e. The molecule has 1 heterocycles. The first-order valence-electron chi connectivity index (χ1n) is 4.90. The quantitative estimate of drug-likeness (QED) is 0.784. The first kappa shape index (κ1) is 11.8. The van der Waals surface area contributed by atoms with Crippen molar-refractivity contribution in [2.24, 2.45) is 11.7 Å². The molecule has 15 heavy (non-hydrogen) atoms. The standard InChI is InChI=1S/C11H13BrClNS/c1-6-4-15-5-9-8(11(6)14)2-7(12)3-10(9)13/h2-3,6,11H,4-5,14H2,1H3. The Morgan fingerprint density at radius 1 is 1.53 bits per heavy atom. The molecule has 1 aliphatic heterocycles. The molecule has 2 atom stereocenters. The summed E-state index contributed by atoms with van der Waals surface area (Å²) in [4.78, 5) is 0. The lowest BCUT2D eigenvalue weighted by molar-refractivity contribution is 0.524. The van der Waals surface area contributed by atoms with Crippen molar-refractivity contribution in [1.29, 1.82) is 0 Å². The van der Waals surface area contributed by atoms with Crippen molar-refractivity contribution in [3.8, 4) is 0 Å². The Hall–Kier alpha value is 0.300. The fourth-order valence-electron chi connectivity index (χ4n) is 1.83. The van der Waals surface area contributed by atoms with E-state index in [1.165, 1.54) is 11.1 Å². The van der Waals surface area contributed by atoms with Crippen LogP contribution in [0.2, 0.25) is 5.02 Å². The van der Waals surface area contributed by atoms with Gasteiger partial charge in [0.2, 0.25) is 0 Å². The van der Waals surface area contributed by atoms with E-state index in [1.807, 2.05) is 17.8 Å². The summed E-state index contributed by atoms with van der Waals surface area (Å²) in [5.41, 5.74) is 8.65. The molecule has 0 bridgehead atoms. The van der Waals surface area contributed by atoms with E-state index >= 15 is 0 Å². The van der Waals surface area contributed by atoms with Crippen molar-refractivity contribution in [1.82, 2.24) is 0 Å². The van der Waals surface area contributed by atoms with Crippen LogP contribution in [-0.2, 0) is 5.75 Å². The van der Waals surface area contributed by atoms with Crippen molar-refractivity contribution in [3.63, 3.8) is 0 Å². The highest BCUT2D eigenvalue weighted by Crippen LogP contribution is 2.38. The molecule has 2 rings (SSSR count). The van der Waals surface area contributed by atoms with Crippen LogP contribution in [0.3, 0.4) is 0 Å². The van der Waals surface area contributed by atoms with E-state index in [1.54, 1.807) is 0 Å². The maximum atomic E-state index is 6.23. The minimum absolute atomic E-state index is 0.102. The van der Waals surface area contributed by atoms with Gasteiger partial charge in [-0.1, -0.05) is 34.5 Å². The van der Waals surface area contributed by atoms with Crippen LogP contribution in [0.4, 0.5) is 0 Å². The van der Waals surface area contributed by atoms with Crippen LogP contribution >= 0.6 is 39.3 Å². The number of fused-ring (bicyclic) bond motifs is 1. The van der Waals surface area contributed by atoms with Gasteiger partial charge in [-0.15, -0.1) is 0 Å². The van der Waals surface area contributed by atoms with Gasteiger partial charge in [-0.25, -0.2) is 0 Å². The fraction of sp³-hybridized carbons (Fsp3) is 0.455. The molecule has 2 unspecified atom stereocenters. The molecule has 0 aliphatic carbocycles. The highest BCUT2D eigenvalue weighted by Gasteiger charge is 2.23. The van der Waals surface area contributed by atoms with E-state index in [9.17, 15) is 0 Å². The summed E-state index contributed by atoms with van der Waals surface area (Å²) >= 11 is 11.6. The van der Waals surface area contributed by atoms with E-state index in [2.05, 4.69) is 28.9 Å². The first-order valence-corrected chi connectivity index (χ1v) is 7.23. The van der Waals surface area contributed by atoms with E-state index in [-0.39, 0.29) is 6.04 Å². The normalized spacial score (nSPS) is 25.9. The Morgan fingerprint density at radius 2 is 2.27 bits per heavy atom. The number of nitrogens with two attached hydrogens (primary N) is 1. The number of halogens is 2. The Kier molecular flexibility index (Phi) is 3.66. The molecule has 1 nitrogen and oxygen atoms in total. The third-order valence-electron chi connectivity index (χ3n) is 2.79. The smallest absolute Gasteiger partial charge is 0.0460 e. The number of thioether (sulfide) groups is 1. The maximum absolute atomic E-state index is 6.23. The molecule has 0 spiro atoms. The summed E-state index contributed by atoms with van der Waals surface area (Å²) in [6, 6.07) is 4.16. The van der Waals surface area contributed by atoms with Crippen molar-refractivity contribution in [2.45, 2.75) is 18.7 Å². The van der Waals surface area contributed by atoms with Gasteiger partial charge in [-0.05, 0) is 34.9 Å². The summed E-state index contributed by atoms with van der Waals surface area (Å²) in [5, 5.41) is 0.830. The zero-order valence-electron chi connectivity index (χ0n) is 8.47. The zero-order chi connectivity index (χ0) is 11.0. The van der Waals surface area contributed by atoms with Gasteiger partial charge in [0.05, 0.1) is 0 Å². The van der Waals surface area contributed by atoms with Crippen LogP contribution in [0.1, 0.15) is 24.1 Å². The monoisotopic (exact) mass is 305 g/mol. The summed E-state index contributed by atoms with van der Waals surface area (Å²) < 4.78 is 1.01. The summed E-state index contributed by atoms with van der Waals surface area (Å²) in [7, 11) is 0. The van der Waals surface area contributed by atoms with Gasteiger partial charge in [0.25, 0.3) is 0 Å². The second-order valence-corrected chi connectivity index (χ2v) is 6.33. The zero-order valence-corrected chi connectivity index (χ0v) is 11.6. The average Bonchev–Trinajstić information content (AvgIpc) is 2.30. The van der Waals surface area contributed by atoms with Crippen LogP contribution in [0.5, 0.6) is 0 Å². The topological polar surface area (TPSA) is 26.0 Å². The van der Waals surface area contributed by atoms with Crippen LogP contribution in [0.25, 0.3) is 0 Å². The third kappa shape index (κ3) is 2.36. The maximum Gasteiger partial charge on any atom is 0.0460 e. The molecule has 2 N–H and O–H groups in total. The number of hydrogen-bond donors (Lipinski definition) is 1. The van der Waals surface area contributed by atoms with E-state index in [0.717, 1.165) is 21.0 Å². The van der Waals surface area contributed by atoms with E-state index < -0.39 is 0 Å². The third-order valence-corrected chi connectivity index (χ3v) is 4.84. The lowest BCUT2D eigenvalue weighted by Crippen LogP contribution is -2.20. The van der Waals surface area contributed by atoms with Gasteiger partial charge in [-0.3, -0.25) is 0 Å². The van der Waals surface area contributed by atoms with Crippen LogP contribution < -0.4 is 5.73 Å². The Bertz CT molecular complexity index is 383. The van der Waals surface area contributed by atoms with Gasteiger partial charge in [0.1, 0.15) is 0 Å². The van der Waals surface area contributed by atoms with Crippen molar-refractivity contribution in [2.75, 3.05) is 5.75 Å². The molecule has 1 aliphatic rings. The molecule has 1 aromatic rings. The second kappa shape index (κ2) is 4.66. The number of benzene rings is 1. The van der Waals surface area contributed by atoms with E-state index in [4.69, 9.17) is 17.3 Å². The van der Waals surface area contributed by atoms with Crippen molar-refractivity contribution >= 4 is 39.3 Å². The van der Waals surface area contributed by atoms with Gasteiger partial charge in [-0.2, -0.15) is 11.8 Å². The molecular formula is C11H13BrClNS. The fourth-order valence-corrected chi connectivity index (χ4v) is 4.03. The highest BCUT2D eigenvalue weighted by atomic mass is 79.9. The van der Waals surface area contributed by atoms with Gasteiger partial charge in [0.15, 0.2) is 0 Å². The Labute approximate surface area is 108 Å². The molecule has 0 radical (unpaired) electrons. The predicted molar refractivity (Wildman–Crippen MR) is 71.4 cm³/mol. The van der Waals surface area contributed by atoms with Crippen molar-refractivity contribution in [3.05, 3.63) is 32.8 Å². The van der Waals surface area contributed by atoms with E-state index in [0.29, 0.717) is 5.92 Å². The molecule has 0 saturated heterocycles. The molecular weight excluding hydrogens is 294 g/mol. The van der Waals surface area contributed by atoms with Crippen LogP contribution in [0.15, 0.2) is 16.6 Å². The van der Waals surface area contributed by atoms with Gasteiger partial charge >= 0.3 is 0 Å². The molecule has 0 saturated carbocycles. The minimum atomic E-state index is 0.102.